The number of hydrogen-bond acceptors (Lipinski definition) is 5. The first-order chi connectivity index (χ1) is 8.69. The summed E-state index contributed by atoms with van der Waals surface area (Å²) >= 11 is 0. The molecule has 3 N–H and O–H groups in total. The second-order valence-corrected chi connectivity index (χ2v) is 4.26. The number of morpholine rings is 1. The lowest BCUT2D eigenvalue weighted by molar-refractivity contribution is -0.123. The Kier molecular flexibility index (Phi) is 4.11. The van der Waals surface area contributed by atoms with E-state index in [1.54, 1.807) is 13.1 Å². The third-order valence-corrected chi connectivity index (χ3v) is 2.92. The van der Waals surface area contributed by atoms with Crippen molar-refractivity contribution >= 4 is 11.7 Å². The summed E-state index contributed by atoms with van der Waals surface area (Å²) in [4.78, 5) is 17.7. The number of carbonyl (C=O) groups is 1. The zero-order valence-electron chi connectivity index (χ0n) is 10.4. The number of likely N-dealkylation sites (N-methyl/N-ethyl adjacent to an activating group) is 1. The molecule has 0 radical (unpaired) electrons. The second kappa shape index (κ2) is 5.79. The summed E-state index contributed by atoms with van der Waals surface area (Å²) < 4.78 is 5.67. The van der Waals surface area contributed by atoms with Crippen LogP contribution in [0.1, 0.15) is 11.8 Å². The molecule has 1 aromatic rings. The van der Waals surface area contributed by atoms with E-state index in [1.165, 1.54) is 0 Å². The smallest absolute Gasteiger partial charge is 0.233 e. The second-order valence-electron chi connectivity index (χ2n) is 4.26. The van der Waals surface area contributed by atoms with E-state index in [4.69, 9.17) is 10.5 Å². The molecule has 0 saturated carbocycles. The Balaban J connectivity index is 2.00. The van der Waals surface area contributed by atoms with Crippen molar-refractivity contribution in [1.29, 1.82) is 0 Å². The number of nitrogens with two attached hydrogens (primary N) is 1. The van der Waals surface area contributed by atoms with Crippen LogP contribution in [0.25, 0.3) is 0 Å². The number of amides is 1. The number of anilines is 1. The van der Waals surface area contributed by atoms with Gasteiger partial charge in [-0.3, -0.25) is 9.69 Å². The van der Waals surface area contributed by atoms with Gasteiger partial charge in [-0.05, 0) is 12.1 Å². The van der Waals surface area contributed by atoms with Crippen LogP contribution in [0.5, 0.6) is 0 Å². The van der Waals surface area contributed by atoms with Crippen molar-refractivity contribution in [3.05, 3.63) is 23.9 Å². The summed E-state index contributed by atoms with van der Waals surface area (Å²) in [7, 11) is 1.64. The van der Waals surface area contributed by atoms with Crippen molar-refractivity contribution in [2.75, 3.05) is 39.0 Å². The van der Waals surface area contributed by atoms with E-state index in [0.29, 0.717) is 25.5 Å². The van der Waals surface area contributed by atoms with Crippen molar-refractivity contribution in [2.24, 2.45) is 0 Å². The lowest BCUT2D eigenvalue weighted by atomic mass is 10.2. The molecule has 2 heterocycles. The average Bonchev–Trinajstić information content (AvgIpc) is 2.39. The van der Waals surface area contributed by atoms with Gasteiger partial charge in [-0.25, -0.2) is 4.98 Å². The monoisotopic (exact) mass is 250 g/mol. The lowest BCUT2D eigenvalue weighted by Gasteiger charge is -2.32. The van der Waals surface area contributed by atoms with E-state index >= 15 is 0 Å². The van der Waals surface area contributed by atoms with Gasteiger partial charge in [-0.1, -0.05) is 6.07 Å². The lowest BCUT2D eigenvalue weighted by Crippen LogP contribution is -2.43. The predicted octanol–water partition coefficient (Wildman–Crippen LogP) is -0.217. The van der Waals surface area contributed by atoms with Crippen LogP contribution in [0, 0.1) is 0 Å². The minimum absolute atomic E-state index is 0.0104. The molecule has 98 valence electrons. The topological polar surface area (TPSA) is 80.5 Å². The maximum absolute atomic E-state index is 11.3. The van der Waals surface area contributed by atoms with Crippen LogP contribution in [0.2, 0.25) is 0 Å². The van der Waals surface area contributed by atoms with Gasteiger partial charge in [0.2, 0.25) is 5.91 Å². The van der Waals surface area contributed by atoms with Crippen molar-refractivity contribution < 1.29 is 9.53 Å². The standard InChI is InChI=1S/C12H18N4O2/c1-14-12(17)8-16-5-6-18-10(7-16)9-3-2-4-11(13)15-9/h2-4,10H,5-8H2,1H3,(H2,13,15)(H,14,17)/t10-/m1/s1. The zero-order valence-corrected chi connectivity index (χ0v) is 10.4. The van der Waals surface area contributed by atoms with Crippen molar-refractivity contribution in [2.45, 2.75) is 6.10 Å². The molecule has 0 aromatic carbocycles. The van der Waals surface area contributed by atoms with E-state index in [2.05, 4.69) is 15.2 Å². The fourth-order valence-corrected chi connectivity index (χ4v) is 1.96. The van der Waals surface area contributed by atoms with Gasteiger partial charge in [-0.15, -0.1) is 0 Å². The summed E-state index contributed by atoms with van der Waals surface area (Å²) in [5.74, 6) is 0.496. The quantitative estimate of drug-likeness (QED) is 0.775. The summed E-state index contributed by atoms with van der Waals surface area (Å²) in [5.41, 5.74) is 6.47. The molecular formula is C12H18N4O2. The number of nitrogens with zero attached hydrogens (tertiary/aromatic N) is 2. The molecule has 1 fully saturated rings. The SMILES string of the molecule is CNC(=O)CN1CCO[C@@H](c2cccc(N)n2)C1. The molecule has 6 heteroatoms. The molecule has 1 atom stereocenters. The van der Waals surface area contributed by atoms with Crippen LogP contribution in [0.15, 0.2) is 18.2 Å². The Labute approximate surface area is 106 Å². The molecule has 1 aromatic heterocycles. The van der Waals surface area contributed by atoms with Gasteiger partial charge in [0.1, 0.15) is 11.9 Å². The first-order valence-corrected chi connectivity index (χ1v) is 5.96. The van der Waals surface area contributed by atoms with Crippen LogP contribution in [0.3, 0.4) is 0 Å². The molecule has 0 bridgehead atoms. The highest BCUT2D eigenvalue weighted by Crippen LogP contribution is 2.20. The highest BCUT2D eigenvalue weighted by atomic mass is 16.5. The molecule has 1 aliphatic heterocycles. The normalized spacial score (nSPS) is 20.6. The first kappa shape index (κ1) is 12.8. The minimum Gasteiger partial charge on any atom is -0.384 e. The molecule has 0 unspecified atom stereocenters. The van der Waals surface area contributed by atoms with Gasteiger partial charge < -0.3 is 15.8 Å². The van der Waals surface area contributed by atoms with Crippen molar-refractivity contribution in [3.63, 3.8) is 0 Å². The van der Waals surface area contributed by atoms with E-state index in [9.17, 15) is 4.79 Å². The highest BCUT2D eigenvalue weighted by molar-refractivity contribution is 5.77. The fraction of sp³-hybridized carbons (Fsp3) is 0.500. The van der Waals surface area contributed by atoms with Gasteiger partial charge in [0.15, 0.2) is 0 Å². The number of ether oxygens (including phenoxy) is 1. The van der Waals surface area contributed by atoms with E-state index < -0.39 is 0 Å². The Morgan fingerprint density at radius 1 is 1.67 bits per heavy atom. The van der Waals surface area contributed by atoms with Crippen LogP contribution in [0.4, 0.5) is 5.82 Å². The van der Waals surface area contributed by atoms with E-state index in [-0.39, 0.29) is 12.0 Å². The van der Waals surface area contributed by atoms with Crippen LogP contribution >= 0.6 is 0 Å². The van der Waals surface area contributed by atoms with Gasteiger partial charge in [0, 0.05) is 20.1 Å². The number of pyridine rings is 1. The number of rotatable bonds is 3. The molecule has 1 saturated heterocycles. The number of nitrogen functional groups attached to an aromatic ring is 1. The number of carbonyl (C=O) groups excluding carboxylic acids is 1. The molecule has 0 spiro atoms. The maximum atomic E-state index is 11.3. The van der Waals surface area contributed by atoms with Crippen molar-refractivity contribution in [3.8, 4) is 0 Å². The van der Waals surface area contributed by atoms with Crippen LogP contribution < -0.4 is 11.1 Å². The Hall–Kier alpha value is -1.66. The Bertz CT molecular complexity index is 424. The minimum atomic E-state index is -0.119. The Morgan fingerprint density at radius 2 is 2.50 bits per heavy atom. The number of aromatic nitrogens is 1. The predicted molar refractivity (Wildman–Crippen MR) is 67.8 cm³/mol. The van der Waals surface area contributed by atoms with E-state index in [1.807, 2.05) is 12.1 Å². The molecule has 1 amide bonds. The van der Waals surface area contributed by atoms with Gasteiger partial charge in [-0.2, -0.15) is 0 Å². The third kappa shape index (κ3) is 3.18. The largest absolute Gasteiger partial charge is 0.384 e. The highest BCUT2D eigenvalue weighted by Gasteiger charge is 2.24. The number of nitrogens with one attached hydrogen (secondary N) is 1. The molecule has 6 nitrogen and oxygen atoms in total. The van der Waals surface area contributed by atoms with Crippen LogP contribution in [-0.2, 0) is 9.53 Å². The zero-order chi connectivity index (χ0) is 13.0. The van der Waals surface area contributed by atoms with Crippen LogP contribution in [-0.4, -0.2) is 49.1 Å². The molecule has 18 heavy (non-hydrogen) atoms. The molecular weight excluding hydrogens is 232 g/mol. The van der Waals surface area contributed by atoms with E-state index in [0.717, 1.165) is 12.2 Å². The summed E-state index contributed by atoms with van der Waals surface area (Å²) in [6.45, 7) is 2.40. The first-order valence-electron chi connectivity index (χ1n) is 5.96. The molecule has 1 aliphatic rings. The molecule has 2 rings (SSSR count). The fourth-order valence-electron chi connectivity index (χ4n) is 1.96. The van der Waals surface area contributed by atoms with Gasteiger partial charge >= 0.3 is 0 Å². The maximum Gasteiger partial charge on any atom is 0.233 e. The third-order valence-electron chi connectivity index (χ3n) is 2.92. The van der Waals surface area contributed by atoms with Gasteiger partial charge in [0.25, 0.3) is 0 Å². The summed E-state index contributed by atoms with van der Waals surface area (Å²) in [6, 6.07) is 5.50. The van der Waals surface area contributed by atoms with Crippen molar-refractivity contribution in [1.82, 2.24) is 15.2 Å². The summed E-state index contributed by atoms with van der Waals surface area (Å²) in [5, 5.41) is 2.62. The summed E-state index contributed by atoms with van der Waals surface area (Å²) in [6.07, 6.45) is -0.119. The number of hydrogen-bond donors (Lipinski definition) is 2. The molecule has 0 aliphatic carbocycles. The average molecular weight is 250 g/mol. The van der Waals surface area contributed by atoms with Gasteiger partial charge in [0.05, 0.1) is 18.8 Å². The Morgan fingerprint density at radius 3 is 3.22 bits per heavy atom.